The second-order valence-electron chi connectivity index (χ2n) is 11.9. The summed E-state index contributed by atoms with van der Waals surface area (Å²) in [6.45, 7) is 12.0. The zero-order valence-electron chi connectivity index (χ0n) is 26.2. The summed E-state index contributed by atoms with van der Waals surface area (Å²) in [5.41, 5.74) is -0.413. The predicted octanol–water partition coefficient (Wildman–Crippen LogP) is 6.82. The molecule has 47 heavy (non-hydrogen) atoms. The standard InChI is InChI=1S/C33H31Cl3F2N6O3/c1-7-21(45)43-11-10-42(14-17(43)5)30-18-12-20(34)27(22-23(35)31(46)24(36)26(38)25(22)37)40-32(18)44(33(47)19(30)13-39)29-16(4)8-9-41(6)28(29)15(2)3/h7-9,12,15,17,28,46H,1,10-11,14H2,2-6H3/t17-,28?/m1/s1. The van der Waals surface area contributed by atoms with Crippen molar-refractivity contribution in [3.05, 3.63) is 79.2 Å². The molecule has 2 aromatic heterocycles. The van der Waals surface area contributed by atoms with Gasteiger partial charge in [0.25, 0.3) is 5.56 Å². The summed E-state index contributed by atoms with van der Waals surface area (Å²) in [7, 11) is 1.86. The molecule has 2 aliphatic heterocycles. The Hall–Kier alpha value is -4.11. The van der Waals surface area contributed by atoms with Gasteiger partial charge in [-0.2, -0.15) is 5.26 Å². The maximum Gasteiger partial charge on any atom is 0.276 e. The summed E-state index contributed by atoms with van der Waals surface area (Å²) >= 11 is 18.8. The average molecular weight is 704 g/mol. The molecule has 9 nitrogen and oxygen atoms in total. The van der Waals surface area contributed by atoms with Crippen LogP contribution in [0.25, 0.3) is 28.0 Å². The van der Waals surface area contributed by atoms with Crippen molar-refractivity contribution in [1.82, 2.24) is 19.4 Å². The zero-order valence-corrected chi connectivity index (χ0v) is 28.5. The van der Waals surface area contributed by atoms with Gasteiger partial charge < -0.3 is 19.8 Å². The number of likely N-dealkylation sites (N-methyl/N-ethyl adjacent to an activating group) is 1. The van der Waals surface area contributed by atoms with E-state index in [4.69, 9.17) is 34.8 Å². The molecule has 1 amide bonds. The lowest BCUT2D eigenvalue weighted by Gasteiger charge is -2.41. The molecular formula is C33H31Cl3F2N6O3. The largest absolute Gasteiger partial charge is 0.505 e. The zero-order chi connectivity index (χ0) is 34.6. The van der Waals surface area contributed by atoms with E-state index < -0.39 is 38.6 Å². The van der Waals surface area contributed by atoms with Gasteiger partial charge in [-0.05, 0) is 49.8 Å². The molecule has 0 spiro atoms. The van der Waals surface area contributed by atoms with Crippen LogP contribution in [-0.4, -0.2) is 69.1 Å². The van der Waals surface area contributed by atoms with E-state index in [0.717, 1.165) is 0 Å². The van der Waals surface area contributed by atoms with Crippen molar-refractivity contribution in [2.75, 3.05) is 31.6 Å². The molecule has 1 saturated heterocycles. The van der Waals surface area contributed by atoms with Crippen LogP contribution in [0.2, 0.25) is 15.1 Å². The predicted molar refractivity (Wildman–Crippen MR) is 181 cm³/mol. The first-order chi connectivity index (χ1) is 22.2. The minimum atomic E-state index is -1.56. The minimum Gasteiger partial charge on any atom is -0.505 e. The molecule has 246 valence electrons. The summed E-state index contributed by atoms with van der Waals surface area (Å²) in [5.74, 6) is -4.24. The number of aromatic nitrogens is 2. The molecule has 1 N–H and O–H groups in total. The van der Waals surface area contributed by atoms with E-state index in [9.17, 15) is 24.3 Å². The maximum absolute atomic E-state index is 15.5. The number of aromatic hydroxyl groups is 1. The molecule has 0 saturated carbocycles. The Morgan fingerprint density at radius 1 is 1.21 bits per heavy atom. The van der Waals surface area contributed by atoms with Crippen molar-refractivity contribution in [2.24, 2.45) is 5.92 Å². The van der Waals surface area contributed by atoms with Crippen LogP contribution in [0.15, 0.2) is 41.4 Å². The fraction of sp³-hybridized carbons (Fsp3) is 0.333. The number of pyridine rings is 2. The number of rotatable bonds is 5. The van der Waals surface area contributed by atoms with E-state index in [2.05, 4.69) is 17.6 Å². The van der Waals surface area contributed by atoms with Crippen LogP contribution in [-0.2, 0) is 4.79 Å². The van der Waals surface area contributed by atoms with Gasteiger partial charge in [0.05, 0.1) is 38.7 Å². The van der Waals surface area contributed by atoms with Crippen molar-refractivity contribution in [3.8, 4) is 23.1 Å². The van der Waals surface area contributed by atoms with Crippen molar-refractivity contribution in [1.29, 1.82) is 5.26 Å². The van der Waals surface area contributed by atoms with Crippen molar-refractivity contribution >= 4 is 63.1 Å². The van der Waals surface area contributed by atoms with Gasteiger partial charge >= 0.3 is 0 Å². The van der Waals surface area contributed by atoms with E-state index in [-0.39, 0.29) is 76.5 Å². The van der Waals surface area contributed by atoms with E-state index >= 15 is 4.39 Å². The molecule has 1 unspecified atom stereocenters. The smallest absolute Gasteiger partial charge is 0.276 e. The minimum absolute atomic E-state index is 0.00494. The Balaban J connectivity index is 1.92. The second kappa shape index (κ2) is 12.8. The number of amides is 1. The van der Waals surface area contributed by atoms with Crippen molar-refractivity contribution < 1.29 is 18.7 Å². The quantitative estimate of drug-likeness (QED) is 0.177. The first-order valence-corrected chi connectivity index (χ1v) is 15.8. The molecule has 2 aliphatic rings. The van der Waals surface area contributed by atoms with Crippen LogP contribution in [0.4, 0.5) is 14.5 Å². The number of halogens is 5. The number of benzene rings is 1. The van der Waals surface area contributed by atoms with Crippen LogP contribution in [0.1, 0.15) is 33.3 Å². The lowest BCUT2D eigenvalue weighted by Crippen LogP contribution is -2.54. The second-order valence-corrected chi connectivity index (χ2v) is 13.1. The van der Waals surface area contributed by atoms with E-state index in [1.165, 1.54) is 16.7 Å². The Labute approximate surface area is 285 Å². The van der Waals surface area contributed by atoms with E-state index in [1.807, 2.05) is 56.8 Å². The lowest BCUT2D eigenvalue weighted by atomic mass is 9.93. The van der Waals surface area contributed by atoms with Crippen LogP contribution < -0.4 is 10.5 Å². The van der Waals surface area contributed by atoms with Crippen molar-refractivity contribution in [3.63, 3.8) is 0 Å². The van der Waals surface area contributed by atoms with Gasteiger partial charge in [0.2, 0.25) is 5.91 Å². The van der Waals surface area contributed by atoms with Crippen LogP contribution >= 0.6 is 34.8 Å². The number of nitriles is 1. The van der Waals surface area contributed by atoms with Crippen molar-refractivity contribution in [2.45, 2.75) is 39.8 Å². The highest BCUT2D eigenvalue weighted by molar-refractivity contribution is 6.40. The summed E-state index contributed by atoms with van der Waals surface area (Å²) in [4.78, 5) is 37.1. The third-order valence-corrected chi connectivity index (χ3v) is 9.62. The Bertz CT molecular complexity index is 1990. The first kappa shape index (κ1) is 34.2. The number of anilines is 1. The number of nitrogens with zero attached hydrogens (tertiary/aromatic N) is 6. The van der Waals surface area contributed by atoms with Crippen LogP contribution in [0.5, 0.6) is 5.75 Å². The lowest BCUT2D eigenvalue weighted by molar-refractivity contribution is -0.128. The molecular weight excluding hydrogens is 673 g/mol. The number of piperazine rings is 1. The molecule has 4 heterocycles. The van der Waals surface area contributed by atoms with Crippen LogP contribution in [0, 0.1) is 28.9 Å². The van der Waals surface area contributed by atoms with E-state index in [0.29, 0.717) is 11.3 Å². The first-order valence-electron chi connectivity index (χ1n) is 14.7. The third-order valence-electron chi connectivity index (χ3n) is 8.62. The van der Waals surface area contributed by atoms with Crippen LogP contribution in [0.3, 0.4) is 0 Å². The molecule has 0 aliphatic carbocycles. The molecule has 14 heteroatoms. The molecule has 3 aromatic rings. The van der Waals surface area contributed by atoms with Gasteiger partial charge in [0.15, 0.2) is 17.4 Å². The number of allylic oxidation sites excluding steroid dienone is 2. The Morgan fingerprint density at radius 2 is 1.89 bits per heavy atom. The normalized spacial score (nSPS) is 18.4. The SMILES string of the molecule is C=CC(=O)N1CCN(c2c(C#N)c(=O)n(C3=C(C)C=CN(C)C3C(C)C)c3nc(-c4c(F)c(F)c(Cl)c(O)c4Cl)c(Cl)cc23)C[C@H]1C. The third kappa shape index (κ3) is 5.52. The summed E-state index contributed by atoms with van der Waals surface area (Å²) in [6.07, 6.45) is 4.93. The highest BCUT2D eigenvalue weighted by Crippen LogP contribution is 2.46. The van der Waals surface area contributed by atoms with Gasteiger partial charge in [0.1, 0.15) is 22.3 Å². The van der Waals surface area contributed by atoms with Gasteiger partial charge in [-0.3, -0.25) is 14.2 Å². The van der Waals surface area contributed by atoms with Gasteiger partial charge in [-0.1, -0.05) is 55.2 Å². The average Bonchev–Trinajstić information content (AvgIpc) is 3.03. The summed E-state index contributed by atoms with van der Waals surface area (Å²) in [6, 6.07) is 2.83. The molecule has 0 radical (unpaired) electrons. The van der Waals surface area contributed by atoms with Gasteiger partial charge in [-0.25, -0.2) is 13.8 Å². The fourth-order valence-corrected chi connectivity index (χ4v) is 7.20. The molecule has 2 atom stereocenters. The number of fused-ring (bicyclic) bond motifs is 1. The topological polar surface area (TPSA) is 106 Å². The number of carbonyl (C=O) groups excluding carboxylic acids is 1. The highest BCUT2D eigenvalue weighted by Gasteiger charge is 2.35. The molecule has 0 bridgehead atoms. The summed E-state index contributed by atoms with van der Waals surface area (Å²) in [5, 5.41) is 19.5. The number of carbonyl (C=O) groups is 1. The maximum atomic E-state index is 15.5. The highest BCUT2D eigenvalue weighted by atomic mass is 35.5. The molecule has 1 aromatic carbocycles. The number of hydrogen-bond donors (Lipinski definition) is 1. The fourth-order valence-electron chi connectivity index (χ4n) is 6.46. The molecule has 1 fully saturated rings. The number of phenols is 1. The Morgan fingerprint density at radius 3 is 2.49 bits per heavy atom. The van der Waals surface area contributed by atoms with Gasteiger partial charge in [0, 0.05) is 38.1 Å². The molecule has 5 rings (SSSR count). The number of phenolic OH excluding ortho intramolecular Hbond substituents is 1. The number of hydrogen-bond acceptors (Lipinski definition) is 7. The van der Waals surface area contributed by atoms with Gasteiger partial charge in [-0.15, -0.1) is 0 Å². The monoisotopic (exact) mass is 702 g/mol. The Kier molecular flexibility index (Phi) is 9.34. The van der Waals surface area contributed by atoms with E-state index in [1.54, 1.807) is 4.90 Å². The summed E-state index contributed by atoms with van der Waals surface area (Å²) < 4.78 is 31.7.